The monoisotopic (exact) mass is 359 g/mol. The Morgan fingerprint density at radius 2 is 0.667 bits per heavy atom. The number of rotatable bonds is 0. The predicted octanol–water partition coefficient (Wildman–Crippen LogP) is -6.30. The van der Waals surface area contributed by atoms with Crippen LogP contribution < -0.4 is 0 Å². The van der Waals surface area contributed by atoms with Crippen LogP contribution in [0.3, 0.4) is 0 Å². The Morgan fingerprint density at radius 3 is 0.667 bits per heavy atom. The van der Waals surface area contributed by atoms with Gasteiger partial charge in [0.1, 0.15) is 0 Å². The van der Waals surface area contributed by atoms with Crippen LogP contribution in [-0.4, -0.2) is 134 Å². The van der Waals surface area contributed by atoms with Gasteiger partial charge in [-0.25, -0.2) is 0 Å². The summed E-state index contributed by atoms with van der Waals surface area (Å²) in [6.45, 7) is 0. The Morgan fingerprint density at radius 1 is 0.667 bits per heavy atom. The van der Waals surface area contributed by atoms with Crippen molar-refractivity contribution in [3.63, 3.8) is 0 Å². The van der Waals surface area contributed by atoms with Gasteiger partial charge < -0.3 is 27.4 Å². The first-order valence-electron chi connectivity index (χ1n) is 0.698. The van der Waals surface area contributed by atoms with E-state index in [1.165, 1.54) is 0 Å². The zero-order chi connectivity index (χ0) is 4.50. The molecule has 15 heteroatoms. The number of hydrogen-bond donors (Lipinski definition) is 2. The van der Waals surface area contributed by atoms with Crippen LogP contribution in [0.2, 0.25) is 0 Å². The first-order chi connectivity index (χ1) is 2.00. The van der Waals surface area contributed by atoms with E-state index >= 15 is 0 Å². The first kappa shape index (κ1) is 101. The fraction of sp³-hybridized carbons (Fsp3) is 0. The van der Waals surface area contributed by atoms with E-state index < -0.39 is 10.4 Å². The summed E-state index contributed by atoms with van der Waals surface area (Å²) >= 11 is 0. The Hall–Kier alpha value is 3.48. The van der Waals surface area contributed by atoms with Gasteiger partial charge in [-0.15, -0.1) is 12.4 Å². The van der Waals surface area contributed by atoms with Crippen molar-refractivity contribution in [2.24, 2.45) is 0 Å². The molecule has 12 N–H and O–H groups in total. The molecule has 1 radical (unpaired) electrons. The van der Waals surface area contributed by atoms with Crippen molar-refractivity contribution < 1.29 is 62.0 Å². The number of halogens is 1. The SMILES string of the molecule is Cl.O.O.O.O.O.O=S(=O)(O)O.[Cu].[NaH].[NaH].[NaH]. The Labute approximate surface area is 170 Å². The maximum atomic E-state index is 8.74. The summed E-state index contributed by atoms with van der Waals surface area (Å²) in [6.07, 6.45) is 0. The molecule has 0 aromatic heterocycles. The molecule has 0 saturated heterocycles. The Bertz CT molecular complexity index is 109. The van der Waals surface area contributed by atoms with E-state index in [2.05, 4.69) is 0 Å². The van der Waals surface area contributed by atoms with Crippen molar-refractivity contribution >= 4 is 111 Å². The number of hydrogen-bond acceptors (Lipinski definition) is 2. The molecular formula is H16ClCuNa3O9S. The average Bonchev–Trinajstić information content (AvgIpc) is 0.722. The van der Waals surface area contributed by atoms with Crippen LogP contribution in [0.4, 0.5) is 0 Å². The van der Waals surface area contributed by atoms with Crippen molar-refractivity contribution in [3.8, 4) is 0 Å². The van der Waals surface area contributed by atoms with E-state index in [4.69, 9.17) is 17.5 Å². The van der Waals surface area contributed by atoms with Gasteiger partial charge in [0.2, 0.25) is 0 Å². The van der Waals surface area contributed by atoms with Crippen molar-refractivity contribution in [1.82, 2.24) is 0 Å². The summed E-state index contributed by atoms with van der Waals surface area (Å²) < 4.78 is 31.6. The third kappa shape index (κ3) is 346. The molecule has 0 fully saturated rings. The van der Waals surface area contributed by atoms with Crippen molar-refractivity contribution in [1.29, 1.82) is 0 Å². The molecule has 15 heavy (non-hydrogen) atoms. The van der Waals surface area contributed by atoms with E-state index in [1.807, 2.05) is 0 Å². The Kier molecular flexibility index (Phi) is 355. The van der Waals surface area contributed by atoms with Crippen LogP contribution in [0, 0.1) is 0 Å². The molecule has 0 amide bonds. The molecule has 0 saturated carbocycles. The molecule has 0 heterocycles. The normalized spacial score (nSPS) is 3.87. The summed E-state index contributed by atoms with van der Waals surface area (Å²) in [6, 6.07) is 0. The van der Waals surface area contributed by atoms with E-state index in [9.17, 15) is 0 Å². The quantitative estimate of drug-likeness (QED) is 0.317. The van der Waals surface area contributed by atoms with Crippen molar-refractivity contribution in [3.05, 3.63) is 0 Å². The van der Waals surface area contributed by atoms with Crippen LogP contribution in [0.5, 0.6) is 0 Å². The standard InChI is InChI=1S/ClH.Cu.3Na.H2O4S.5H2O.3H/c;;;;;1-5(2,3)4;;;;;;;;/h1H;;;;;(H2,1,2,3,4);5*1H2;;;. The molecule has 0 aromatic carbocycles. The van der Waals surface area contributed by atoms with Gasteiger partial charge in [-0.2, -0.15) is 8.42 Å². The topological polar surface area (TPSA) is 232 Å². The van der Waals surface area contributed by atoms with Crippen LogP contribution >= 0.6 is 12.4 Å². The van der Waals surface area contributed by atoms with Gasteiger partial charge in [-0.05, 0) is 0 Å². The van der Waals surface area contributed by atoms with Gasteiger partial charge in [0.25, 0.3) is 0 Å². The summed E-state index contributed by atoms with van der Waals surface area (Å²) in [5.74, 6) is 0. The molecule has 0 rings (SSSR count). The second-order valence-electron chi connectivity index (χ2n) is 0.448. The second-order valence-corrected chi connectivity index (χ2v) is 1.34. The zero-order valence-corrected chi connectivity index (χ0v) is 7.90. The molecule has 9 nitrogen and oxygen atoms in total. The minimum absolute atomic E-state index is 0. The summed E-state index contributed by atoms with van der Waals surface area (Å²) in [5.41, 5.74) is 0. The summed E-state index contributed by atoms with van der Waals surface area (Å²) in [7, 11) is -4.67. The van der Waals surface area contributed by atoms with Gasteiger partial charge in [0.05, 0.1) is 0 Å². The van der Waals surface area contributed by atoms with Gasteiger partial charge in [0, 0.05) is 17.1 Å². The van der Waals surface area contributed by atoms with Gasteiger partial charge >= 0.3 is 99.1 Å². The van der Waals surface area contributed by atoms with Crippen LogP contribution in [0.1, 0.15) is 0 Å². The maximum absolute atomic E-state index is 8.74. The molecular weight excluding hydrogens is 344 g/mol. The minimum atomic E-state index is -4.67. The molecule has 0 aliphatic carbocycles. The fourth-order valence-corrected chi connectivity index (χ4v) is 0. The first-order valence-corrected chi connectivity index (χ1v) is 2.10. The molecule has 0 bridgehead atoms. The molecule has 0 aromatic rings. The van der Waals surface area contributed by atoms with Crippen LogP contribution in [0.25, 0.3) is 0 Å². The summed E-state index contributed by atoms with van der Waals surface area (Å²) in [5, 5.41) is 0. The predicted molar refractivity (Wildman–Crippen MR) is 60.9 cm³/mol. The van der Waals surface area contributed by atoms with Gasteiger partial charge in [-0.3, -0.25) is 9.11 Å². The summed E-state index contributed by atoms with van der Waals surface area (Å²) in [4.78, 5) is 0. The molecule has 0 unspecified atom stereocenters. The van der Waals surface area contributed by atoms with E-state index in [0.29, 0.717) is 0 Å². The van der Waals surface area contributed by atoms with E-state index in [-0.39, 0.29) is 146 Å². The van der Waals surface area contributed by atoms with Gasteiger partial charge in [-0.1, -0.05) is 0 Å². The van der Waals surface area contributed by atoms with Crippen LogP contribution in [0.15, 0.2) is 0 Å². The molecule has 0 aliphatic heterocycles. The van der Waals surface area contributed by atoms with Crippen molar-refractivity contribution in [2.75, 3.05) is 0 Å². The molecule has 97 valence electrons. The third-order valence-corrected chi connectivity index (χ3v) is 0. The fourth-order valence-electron chi connectivity index (χ4n) is 0. The van der Waals surface area contributed by atoms with E-state index in [1.54, 1.807) is 0 Å². The second kappa shape index (κ2) is 52.8. The average molecular weight is 360 g/mol. The van der Waals surface area contributed by atoms with Crippen molar-refractivity contribution in [2.45, 2.75) is 0 Å². The molecule has 0 aliphatic rings. The molecule has 0 atom stereocenters. The molecule has 0 spiro atoms. The van der Waals surface area contributed by atoms with Crippen LogP contribution in [-0.2, 0) is 27.5 Å². The third-order valence-electron chi connectivity index (χ3n) is 0. The Balaban J connectivity index is -0.00000000178. The van der Waals surface area contributed by atoms with Gasteiger partial charge in [0.15, 0.2) is 0 Å². The zero-order valence-electron chi connectivity index (χ0n) is 5.33. The van der Waals surface area contributed by atoms with E-state index in [0.717, 1.165) is 0 Å².